The molecule has 3 aromatic rings. The summed E-state index contributed by atoms with van der Waals surface area (Å²) in [5.41, 5.74) is 1.14. The van der Waals surface area contributed by atoms with E-state index in [9.17, 15) is 13.2 Å². The molecule has 1 N–H and O–H groups in total. The van der Waals surface area contributed by atoms with E-state index in [0.717, 1.165) is 9.87 Å². The van der Waals surface area contributed by atoms with Crippen molar-refractivity contribution in [3.05, 3.63) is 84.4 Å². The summed E-state index contributed by atoms with van der Waals surface area (Å²) in [4.78, 5) is 12.9. The second-order valence-electron chi connectivity index (χ2n) is 6.84. The van der Waals surface area contributed by atoms with Crippen LogP contribution < -0.4 is 19.1 Å². The second kappa shape index (κ2) is 10.7. The molecule has 0 unspecified atom stereocenters. The molecule has 1 amide bonds. The molecule has 0 saturated carbocycles. The Morgan fingerprint density at radius 2 is 1.69 bits per heavy atom. The fourth-order valence-corrected chi connectivity index (χ4v) is 4.56. The summed E-state index contributed by atoms with van der Waals surface area (Å²) >= 11 is 0. The van der Waals surface area contributed by atoms with Crippen molar-refractivity contribution in [1.29, 1.82) is 0 Å². The second-order valence-corrected chi connectivity index (χ2v) is 8.71. The van der Waals surface area contributed by atoms with E-state index in [4.69, 9.17) is 9.47 Å². The summed E-state index contributed by atoms with van der Waals surface area (Å²) in [5, 5.41) is 2.79. The molecule has 0 aliphatic heterocycles. The summed E-state index contributed by atoms with van der Waals surface area (Å²) in [6, 6.07) is 22.0. The predicted octanol–water partition coefficient (Wildman–Crippen LogP) is 3.61. The number of hydrogen-bond acceptors (Lipinski definition) is 5. The molecule has 3 aromatic carbocycles. The van der Waals surface area contributed by atoms with Crippen molar-refractivity contribution >= 4 is 21.6 Å². The van der Waals surface area contributed by atoms with Gasteiger partial charge in [0.15, 0.2) is 0 Å². The number of carbonyl (C=O) groups is 1. The standard InChI is InChI=1S/C24H26N2O5S/c1-3-31-23-15-8-7-10-19(23)17-25-24(27)18-26(20-11-9-12-21(16-20)30-2)32(28,29)22-13-5-4-6-14-22/h4-16H,3,17-18H2,1-2H3,(H,25,27). The van der Waals surface area contributed by atoms with Gasteiger partial charge in [-0.3, -0.25) is 9.10 Å². The molecule has 0 bridgehead atoms. The molecule has 0 fully saturated rings. The zero-order valence-electron chi connectivity index (χ0n) is 18.0. The van der Waals surface area contributed by atoms with Crippen LogP contribution in [0.1, 0.15) is 12.5 Å². The summed E-state index contributed by atoms with van der Waals surface area (Å²) in [6.45, 7) is 2.22. The summed E-state index contributed by atoms with van der Waals surface area (Å²) in [6.07, 6.45) is 0. The first kappa shape index (κ1) is 23.1. The minimum Gasteiger partial charge on any atom is -0.497 e. The van der Waals surface area contributed by atoms with Crippen molar-refractivity contribution < 1.29 is 22.7 Å². The van der Waals surface area contributed by atoms with Crippen LogP contribution in [0.5, 0.6) is 11.5 Å². The average Bonchev–Trinajstić information content (AvgIpc) is 2.82. The highest BCUT2D eigenvalue weighted by atomic mass is 32.2. The SMILES string of the molecule is CCOc1ccccc1CNC(=O)CN(c1cccc(OC)c1)S(=O)(=O)c1ccccc1. The van der Waals surface area contributed by atoms with Gasteiger partial charge in [-0.1, -0.05) is 42.5 Å². The van der Waals surface area contributed by atoms with Crippen LogP contribution in [0, 0.1) is 0 Å². The zero-order chi connectivity index (χ0) is 23.0. The molecule has 32 heavy (non-hydrogen) atoms. The molecule has 0 atom stereocenters. The minimum atomic E-state index is -3.98. The van der Waals surface area contributed by atoms with Gasteiger partial charge in [-0.15, -0.1) is 0 Å². The molecular formula is C24H26N2O5S. The van der Waals surface area contributed by atoms with Gasteiger partial charge < -0.3 is 14.8 Å². The molecule has 0 radical (unpaired) electrons. The van der Waals surface area contributed by atoms with Crippen LogP contribution in [-0.4, -0.2) is 34.6 Å². The highest BCUT2D eigenvalue weighted by Crippen LogP contribution is 2.27. The number of nitrogens with one attached hydrogen (secondary N) is 1. The van der Waals surface area contributed by atoms with Crippen LogP contribution in [-0.2, 0) is 21.4 Å². The van der Waals surface area contributed by atoms with E-state index >= 15 is 0 Å². The molecule has 3 rings (SSSR count). The third kappa shape index (κ3) is 5.59. The van der Waals surface area contributed by atoms with Crippen molar-refractivity contribution in [3.8, 4) is 11.5 Å². The summed E-state index contributed by atoms with van der Waals surface area (Å²) in [5.74, 6) is 0.720. The Kier molecular flexibility index (Phi) is 7.72. The smallest absolute Gasteiger partial charge is 0.264 e. The number of anilines is 1. The van der Waals surface area contributed by atoms with Crippen LogP contribution in [0.2, 0.25) is 0 Å². The molecule has 0 aliphatic carbocycles. The summed E-state index contributed by atoms with van der Waals surface area (Å²) < 4.78 is 38.6. The Bertz CT molecular complexity index is 1150. The van der Waals surface area contributed by atoms with Gasteiger partial charge >= 0.3 is 0 Å². The number of ether oxygens (including phenoxy) is 2. The van der Waals surface area contributed by atoms with Crippen LogP contribution in [0.25, 0.3) is 0 Å². The molecule has 0 heterocycles. The number of amides is 1. The Morgan fingerprint density at radius 1 is 0.969 bits per heavy atom. The van der Waals surface area contributed by atoms with Gasteiger partial charge in [-0.2, -0.15) is 0 Å². The van der Waals surface area contributed by atoms with Crippen LogP contribution in [0.3, 0.4) is 0 Å². The van der Waals surface area contributed by atoms with Gasteiger partial charge in [-0.25, -0.2) is 8.42 Å². The quantitative estimate of drug-likeness (QED) is 0.506. The number of sulfonamides is 1. The Balaban J connectivity index is 1.85. The molecule has 7 nitrogen and oxygen atoms in total. The Hall–Kier alpha value is -3.52. The highest BCUT2D eigenvalue weighted by molar-refractivity contribution is 7.92. The van der Waals surface area contributed by atoms with Gasteiger partial charge in [0.1, 0.15) is 18.0 Å². The lowest BCUT2D eigenvalue weighted by molar-refractivity contribution is -0.119. The molecule has 0 saturated heterocycles. The first-order chi connectivity index (χ1) is 15.5. The maximum atomic E-state index is 13.4. The van der Waals surface area contributed by atoms with Gasteiger partial charge in [-0.05, 0) is 37.3 Å². The van der Waals surface area contributed by atoms with Crippen molar-refractivity contribution in [1.82, 2.24) is 5.32 Å². The van der Waals surface area contributed by atoms with Gasteiger partial charge in [0.25, 0.3) is 10.0 Å². The zero-order valence-corrected chi connectivity index (χ0v) is 18.8. The number of benzene rings is 3. The van der Waals surface area contributed by atoms with E-state index in [2.05, 4.69) is 5.32 Å². The Labute approximate surface area is 188 Å². The van der Waals surface area contributed by atoms with Crippen molar-refractivity contribution in [2.24, 2.45) is 0 Å². The molecule has 168 valence electrons. The van der Waals surface area contributed by atoms with Crippen LogP contribution in [0.15, 0.2) is 83.8 Å². The third-order valence-electron chi connectivity index (χ3n) is 4.71. The van der Waals surface area contributed by atoms with E-state index in [1.54, 1.807) is 42.5 Å². The van der Waals surface area contributed by atoms with Crippen molar-refractivity contribution in [3.63, 3.8) is 0 Å². The number of hydrogen-bond donors (Lipinski definition) is 1. The topological polar surface area (TPSA) is 84.9 Å². The lowest BCUT2D eigenvalue weighted by atomic mass is 10.2. The normalized spacial score (nSPS) is 10.9. The largest absolute Gasteiger partial charge is 0.497 e. The van der Waals surface area contributed by atoms with Crippen LogP contribution >= 0.6 is 0 Å². The minimum absolute atomic E-state index is 0.0947. The number of methoxy groups -OCH3 is 1. The number of carbonyl (C=O) groups excluding carboxylic acids is 1. The van der Waals surface area contributed by atoms with Gasteiger partial charge in [0.05, 0.1) is 24.3 Å². The third-order valence-corrected chi connectivity index (χ3v) is 6.50. The Morgan fingerprint density at radius 3 is 2.41 bits per heavy atom. The van der Waals surface area contributed by atoms with E-state index in [1.165, 1.54) is 19.2 Å². The number of para-hydroxylation sites is 1. The molecular weight excluding hydrogens is 428 g/mol. The first-order valence-electron chi connectivity index (χ1n) is 10.1. The van der Waals surface area contributed by atoms with Crippen LogP contribution in [0.4, 0.5) is 5.69 Å². The van der Waals surface area contributed by atoms with E-state index in [1.807, 2.05) is 31.2 Å². The number of nitrogens with zero attached hydrogens (tertiary/aromatic N) is 1. The monoisotopic (exact) mass is 454 g/mol. The average molecular weight is 455 g/mol. The van der Waals surface area contributed by atoms with Gasteiger partial charge in [0, 0.05) is 18.2 Å². The van der Waals surface area contributed by atoms with Gasteiger partial charge in [0.2, 0.25) is 5.91 Å². The maximum Gasteiger partial charge on any atom is 0.264 e. The fourth-order valence-electron chi connectivity index (χ4n) is 3.13. The summed E-state index contributed by atoms with van der Waals surface area (Å²) in [7, 11) is -2.48. The maximum absolute atomic E-state index is 13.4. The highest BCUT2D eigenvalue weighted by Gasteiger charge is 2.27. The van der Waals surface area contributed by atoms with Crippen molar-refractivity contribution in [2.75, 3.05) is 24.6 Å². The molecule has 8 heteroatoms. The van der Waals surface area contributed by atoms with Crippen molar-refractivity contribution in [2.45, 2.75) is 18.4 Å². The molecule has 0 aromatic heterocycles. The fraction of sp³-hybridized carbons (Fsp3) is 0.208. The lowest BCUT2D eigenvalue weighted by Gasteiger charge is -2.24. The number of rotatable bonds is 10. The first-order valence-corrected chi connectivity index (χ1v) is 11.6. The van der Waals surface area contributed by atoms with E-state index in [-0.39, 0.29) is 18.0 Å². The predicted molar refractivity (Wildman–Crippen MR) is 123 cm³/mol. The van der Waals surface area contributed by atoms with E-state index < -0.39 is 15.9 Å². The van der Waals surface area contributed by atoms with E-state index in [0.29, 0.717) is 23.8 Å². The molecule has 0 spiro atoms. The molecule has 0 aliphatic rings. The lowest BCUT2D eigenvalue weighted by Crippen LogP contribution is -2.40.